The minimum atomic E-state index is -0.652. The number of esters is 1. The van der Waals surface area contributed by atoms with Gasteiger partial charge in [-0.2, -0.15) is 0 Å². The zero-order chi connectivity index (χ0) is 22.0. The van der Waals surface area contributed by atoms with Gasteiger partial charge in [-0.25, -0.2) is 9.18 Å². The number of rotatable bonds is 5. The highest BCUT2D eigenvalue weighted by Crippen LogP contribution is 2.36. The Labute approximate surface area is 177 Å². The number of hydrogen-bond donors (Lipinski definition) is 0. The summed E-state index contributed by atoms with van der Waals surface area (Å²) in [5, 5.41) is 0. The van der Waals surface area contributed by atoms with E-state index in [1.165, 1.54) is 49.6 Å². The monoisotopic (exact) mass is 420 g/mol. The van der Waals surface area contributed by atoms with Crippen LogP contribution in [0.2, 0.25) is 0 Å². The van der Waals surface area contributed by atoms with Crippen molar-refractivity contribution >= 4 is 17.8 Å². The van der Waals surface area contributed by atoms with Crippen LogP contribution in [-0.2, 0) is 0 Å². The van der Waals surface area contributed by atoms with Crippen LogP contribution in [0.25, 0.3) is 6.08 Å². The van der Waals surface area contributed by atoms with E-state index < -0.39 is 11.8 Å². The van der Waals surface area contributed by atoms with Crippen molar-refractivity contribution in [1.29, 1.82) is 0 Å². The molecule has 0 amide bonds. The van der Waals surface area contributed by atoms with Gasteiger partial charge >= 0.3 is 5.97 Å². The van der Waals surface area contributed by atoms with Gasteiger partial charge in [0.15, 0.2) is 5.76 Å². The molecule has 4 rings (SSSR count). The first kappa shape index (κ1) is 20.2. The van der Waals surface area contributed by atoms with E-state index in [0.717, 1.165) is 0 Å². The van der Waals surface area contributed by atoms with E-state index in [0.29, 0.717) is 22.6 Å². The minimum Gasteiger partial charge on any atom is -0.497 e. The van der Waals surface area contributed by atoms with Crippen molar-refractivity contribution in [3.63, 3.8) is 0 Å². The molecule has 156 valence electrons. The maximum atomic E-state index is 13.0. The predicted molar refractivity (Wildman–Crippen MR) is 110 cm³/mol. The molecule has 0 spiro atoms. The molecular weight excluding hydrogens is 403 g/mol. The van der Waals surface area contributed by atoms with Crippen LogP contribution in [0.5, 0.6) is 23.0 Å². The van der Waals surface area contributed by atoms with E-state index in [4.69, 9.17) is 18.9 Å². The molecule has 0 radical (unpaired) electrons. The topological polar surface area (TPSA) is 71.1 Å². The van der Waals surface area contributed by atoms with Crippen LogP contribution < -0.4 is 18.9 Å². The zero-order valence-corrected chi connectivity index (χ0v) is 16.7. The fourth-order valence-electron chi connectivity index (χ4n) is 3.08. The minimum absolute atomic E-state index is 0.101. The Morgan fingerprint density at radius 3 is 2.39 bits per heavy atom. The largest absolute Gasteiger partial charge is 0.497 e. The molecule has 0 aromatic heterocycles. The third-order valence-electron chi connectivity index (χ3n) is 4.66. The van der Waals surface area contributed by atoms with Crippen LogP contribution in [0.4, 0.5) is 4.39 Å². The molecule has 0 unspecified atom stereocenters. The Hall–Kier alpha value is -4.13. The van der Waals surface area contributed by atoms with Crippen molar-refractivity contribution in [1.82, 2.24) is 0 Å². The number of Topliss-reactive ketones (excluding diaryl/α,β-unsaturated/α-hetero) is 1. The first-order valence-corrected chi connectivity index (χ1v) is 9.26. The van der Waals surface area contributed by atoms with Gasteiger partial charge in [0, 0.05) is 11.6 Å². The first-order valence-electron chi connectivity index (χ1n) is 9.26. The van der Waals surface area contributed by atoms with Crippen molar-refractivity contribution in [2.45, 2.75) is 0 Å². The summed E-state index contributed by atoms with van der Waals surface area (Å²) in [5.74, 6) is 0.303. The molecule has 7 heteroatoms. The second kappa shape index (κ2) is 8.31. The molecule has 1 aliphatic rings. The number of benzene rings is 3. The normalized spacial score (nSPS) is 13.5. The van der Waals surface area contributed by atoms with Crippen molar-refractivity contribution in [2.24, 2.45) is 0 Å². The van der Waals surface area contributed by atoms with Gasteiger partial charge in [-0.15, -0.1) is 0 Å². The Balaban J connectivity index is 1.58. The average molecular weight is 420 g/mol. The van der Waals surface area contributed by atoms with Gasteiger partial charge in [0.25, 0.3) is 0 Å². The van der Waals surface area contributed by atoms with Crippen molar-refractivity contribution in [3.05, 3.63) is 88.9 Å². The van der Waals surface area contributed by atoms with Crippen LogP contribution in [0.1, 0.15) is 26.3 Å². The van der Waals surface area contributed by atoms with Gasteiger partial charge in [-0.1, -0.05) is 0 Å². The van der Waals surface area contributed by atoms with Gasteiger partial charge < -0.3 is 18.9 Å². The smallest absolute Gasteiger partial charge is 0.343 e. The first-order chi connectivity index (χ1) is 15.0. The number of carbonyl (C=O) groups excluding carboxylic acids is 2. The molecule has 0 atom stereocenters. The molecule has 1 heterocycles. The Morgan fingerprint density at radius 2 is 1.68 bits per heavy atom. The lowest BCUT2D eigenvalue weighted by atomic mass is 10.1. The molecule has 3 aromatic carbocycles. The highest BCUT2D eigenvalue weighted by Gasteiger charge is 2.28. The number of ketones is 1. The molecule has 31 heavy (non-hydrogen) atoms. The van der Waals surface area contributed by atoms with E-state index in [1.54, 1.807) is 31.4 Å². The van der Waals surface area contributed by atoms with Crippen molar-refractivity contribution in [3.8, 4) is 23.0 Å². The summed E-state index contributed by atoms with van der Waals surface area (Å²) in [7, 11) is 3.07. The van der Waals surface area contributed by atoms with Gasteiger partial charge in [-0.05, 0) is 60.7 Å². The second-order valence-electron chi connectivity index (χ2n) is 6.60. The van der Waals surface area contributed by atoms with Gasteiger partial charge in [-0.3, -0.25) is 4.79 Å². The standard InChI is InChI=1S/C24H17FO6/c1-28-17-8-10-20(29-2)15(11-17)12-22-23(26)19-9-7-18(13-21(19)31-22)30-24(27)14-3-5-16(25)6-4-14/h3-13H,1-2H3. The second-order valence-corrected chi connectivity index (χ2v) is 6.60. The van der Waals surface area contributed by atoms with Gasteiger partial charge in [0.2, 0.25) is 5.78 Å². The molecule has 0 N–H and O–H groups in total. The number of fused-ring (bicyclic) bond motifs is 1. The maximum Gasteiger partial charge on any atom is 0.343 e. The highest BCUT2D eigenvalue weighted by atomic mass is 19.1. The summed E-state index contributed by atoms with van der Waals surface area (Å²) < 4.78 is 34.6. The summed E-state index contributed by atoms with van der Waals surface area (Å²) in [6.07, 6.45) is 1.56. The third-order valence-corrected chi connectivity index (χ3v) is 4.66. The van der Waals surface area contributed by atoms with Gasteiger partial charge in [0.1, 0.15) is 28.8 Å². The predicted octanol–water partition coefficient (Wildman–Crippen LogP) is 4.68. The molecule has 3 aromatic rings. The molecule has 0 saturated carbocycles. The fourth-order valence-corrected chi connectivity index (χ4v) is 3.08. The van der Waals surface area contributed by atoms with E-state index >= 15 is 0 Å². The lowest BCUT2D eigenvalue weighted by Gasteiger charge is -2.08. The van der Waals surface area contributed by atoms with Crippen LogP contribution in [-0.4, -0.2) is 26.0 Å². The van der Waals surface area contributed by atoms with Crippen molar-refractivity contribution < 1.29 is 32.9 Å². The van der Waals surface area contributed by atoms with E-state index in [9.17, 15) is 14.0 Å². The van der Waals surface area contributed by atoms with E-state index in [-0.39, 0.29) is 28.6 Å². The summed E-state index contributed by atoms with van der Waals surface area (Å²) in [6.45, 7) is 0. The number of halogens is 1. The number of allylic oxidation sites excluding steroid dienone is 1. The number of hydrogen-bond acceptors (Lipinski definition) is 6. The Morgan fingerprint density at radius 1 is 0.935 bits per heavy atom. The summed E-state index contributed by atoms with van der Waals surface area (Å²) >= 11 is 0. The molecule has 6 nitrogen and oxygen atoms in total. The quantitative estimate of drug-likeness (QED) is 0.339. The summed E-state index contributed by atoms with van der Waals surface area (Å²) in [6, 6.07) is 14.7. The summed E-state index contributed by atoms with van der Waals surface area (Å²) in [4.78, 5) is 25.0. The Kier molecular flexibility index (Phi) is 5.41. The van der Waals surface area contributed by atoms with E-state index in [1.807, 2.05) is 0 Å². The van der Waals surface area contributed by atoms with Crippen LogP contribution in [0.3, 0.4) is 0 Å². The average Bonchev–Trinajstić information content (AvgIpc) is 3.08. The lowest BCUT2D eigenvalue weighted by Crippen LogP contribution is -2.08. The molecule has 0 aliphatic carbocycles. The van der Waals surface area contributed by atoms with Crippen molar-refractivity contribution in [2.75, 3.05) is 14.2 Å². The van der Waals surface area contributed by atoms with Crippen LogP contribution in [0, 0.1) is 5.82 Å². The van der Waals surface area contributed by atoms with E-state index in [2.05, 4.69) is 0 Å². The third kappa shape index (κ3) is 4.11. The fraction of sp³-hybridized carbons (Fsp3) is 0.0833. The van der Waals surface area contributed by atoms with Gasteiger partial charge in [0.05, 0.1) is 25.3 Å². The lowest BCUT2D eigenvalue weighted by molar-refractivity contribution is 0.0734. The number of methoxy groups -OCH3 is 2. The SMILES string of the molecule is COc1ccc(OC)c(C=C2Oc3cc(OC(=O)c4ccc(F)cc4)ccc3C2=O)c1. The molecular formula is C24H17FO6. The molecule has 0 bridgehead atoms. The molecule has 1 aliphatic heterocycles. The van der Waals surface area contributed by atoms with Crippen LogP contribution >= 0.6 is 0 Å². The highest BCUT2D eigenvalue weighted by molar-refractivity contribution is 6.14. The maximum absolute atomic E-state index is 13.0. The van der Waals surface area contributed by atoms with Crippen LogP contribution in [0.15, 0.2) is 66.4 Å². The number of ether oxygens (including phenoxy) is 4. The summed E-state index contributed by atoms with van der Waals surface area (Å²) in [5.41, 5.74) is 1.15. The number of carbonyl (C=O) groups is 2. The molecule has 0 saturated heterocycles. The zero-order valence-electron chi connectivity index (χ0n) is 16.7. The Bertz CT molecular complexity index is 1200. The molecule has 0 fully saturated rings.